The molecule has 2 heterocycles. The molecule has 0 saturated carbocycles. The van der Waals surface area contributed by atoms with E-state index in [1.165, 1.54) is 19.3 Å². The Balaban J connectivity index is 1.80. The number of carboxylic acids is 1. The van der Waals surface area contributed by atoms with Crippen LogP contribution in [-0.2, 0) is 11.3 Å². The lowest BCUT2D eigenvalue weighted by Crippen LogP contribution is -2.37. The number of aromatic amines is 1. The molecule has 0 bridgehead atoms. The van der Waals surface area contributed by atoms with Gasteiger partial charge < -0.3 is 10.1 Å². The predicted molar refractivity (Wildman–Crippen MR) is 76.2 cm³/mol. The average Bonchev–Trinajstić information content (AvgIpc) is 2.82. The summed E-state index contributed by atoms with van der Waals surface area (Å²) in [7, 11) is 0. The Morgan fingerprint density at radius 2 is 2.40 bits per heavy atom. The molecule has 5 heteroatoms. The lowest BCUT2D eigenvalue weighted by molar-refractivity contribution is -0.139. The highest BCUT2D eigenvalue weighted by Crippen LogP contribution is 2.17. The van der Waals surface area contributed by atoms with E-state index in [2.05, 4.69) is 21.8 Å². The van der Waals surface area contributed by atoms with Gasteiger partial charge in [0.2, 0.25) is 0 Å². The molecule has 0 spiro atoms. The van der Waals surface area contributed by atoms with Gasteiger partial charge in [0, 0.05) is 6.04 Å². The second-order valence-electron chi connectivity index (χ2n) is 5.85. The van der Waals surface area contributed by atoms with Gasteiger partial charge in [-0.1, -0.05) is 12.5 Å². The van der Waals surface area contributed by atoms with Gasteiger partial charge in [0.25, 0.3) is 0 Å². The first-order chi connectivity index (χ1) is 9.63. The van der Waals surface area contributed by atoms with E-state index in [0.29, 0.717) is 12.5 Å². The van der Waals surface area contributed by atoms with Crippen LogP contribution in [0.5, 0.6) is 0 Å². The maximum Gasteiger partial charge on any atom is 0.310 e. The third-order valence-corrected chi connectivity index (χ3v) is 4.35. The number of carboxylic acid groups (broad SMARTS) is 1. The summed E-state index contributed by atoms with van der Waals surface area (Å²) < 4.78 is 0. The van der Waals surface area contributed by atoms with Crippen molar-refractivity contribution in [1.29, 1.82) is 0 Å². The van der Waals surface area contributed by atoms with Gasteiger partial charge in [0.1, 0.15) is 5.82 Å². The maximum atomic E-state index is 11.0. The summed E-state index contributed by atoms with van der Waals surface area (Å²) in [4.78, 5) is 21.4. The van der Waals surface area contributed by atoms with E-state index < -0.39 is 11.9 Å². The normalized spacial score (nSPS) is 26.4. The molecule has 1 saturated heterocycles. The molecule has 20 heavy (non-hydrogen) atoms. The quantitative estimate of drug-likeness (QED) is 0.840. The number of aliphatic carboxylic acids is 1. The van der Waals surface area contributed by atoms with Crippen molar-refractivity contribution in [3.05, 3.63) is 16.5 Å². The predicted octanol–water partition coefficient (Wildman–Crippen LogP) is 0.450. The maximum absolute atomic E-state index is 11.0. The molecule has 2 unspecified atom stereocenters. The van der Waals surface area contributed by atoms with Crippen molar-refractivity contribution in [3.63, 3.8) is 0 Å². The van der Waals surface area contributed by atoms with E-state index in [-0.39, 0.29) is 0 Å². The van der Waals surface area contributed by atoms with E-state index in [0.717, 1.165) is 29.6 Å². The van der Waals surface area contributed by atoms with Crippen LogP contribution in [0.2, 0.25) is 0 Å². The zero-order valence-corrected chi connectivity index (χ0v) is 11.8. The number of aromatic nitrogens is 2. The van der Waals surface area contributed by atoms with E-state index in [1.807, 2.05) is 6.08 Å². The average molecular weight is 275 g/mol. The van der Waals surface area contributed by atoms with Crippen LogP contribution in [0.1, 0.15) is 38.4 Å². The molecule has 2 N–H and O–H groups in total. The van der Waals surface area contributed by atoms with Gasteiger partial charge >= 0.3 is 5.97 Å². The van der Waals surface area contributed by atoms with Gasteiger partial charge in [-0.25, -0.2) is 4.98 Å². The molecule has 108 valence electrons. The molecule has 1 aliphatic heterocycles. The lowest BCUT2D eigenvalue weighted by atomic mass is 10.0. The molecule has 0 radical (unpaired) electrons. The standard InChI is InChI=1S/C15H21N3O2/c1-10-4-2-3-7-18(10)9-14-16-12-6-5-11(15(19)20)8-13(12)17-14/h6,8,10-11H,2-5,7,9H2,1H3,(H,16,17)(H,19,20). The highest BCUT2D eigenvalue weighted by molar-refractivity contribution is 5.78. The molecule has 0 aromatic carbocycles. The molecule has 2 aliphatic rings. The molecule has 2 atom stereocenters. The summed E-state index contributed by atoms with van der Waals surface area (Å²) in [5, 5.41) is 10.8. The van der Waals surface area contributed by atoms with Crippen LogP contribution in [0.4, 0.5) is 0 Å². The van der Waals surface area contributed by atoms with Crippen LogP contribution < -0.4 is 10.7 Å². The minimum absolute atomic E-state index is 0.426. The van der Waals surface area contributed by atoms with Gasteiger partial charge in [-0.05, 0) is 38.8 Å². The number of hydrogen-bond acceptors (Lipinski definition) is 3. The monoisotopic (exact) mass is 275 g/mol. The van der Waals surface area contributed by atoms with E-state index in [4.69, 9.17) is 5.11 Å². The van der Waals surface area contributed by atoms with Crippen LogP contribution in [0.3, 0.4) is 0 Å². The van der Waals surface area contributed by atoms with Crippen LogP contribution in [0.25, 0.3) is 12.2 Å². The minimum atomic E-state index is -0.771. The summed E-state index contributed by atoms with van der Waals surface area (Å²) in [5.74, 6) is -0.250. The molecule has 5 nitrogen and oxygen atoms in total. The highest BCUT2D eigenvalue weighted by Gasteiger charge is 2.20. The summed E-state index contributed by atoms with van der Waals surface area (Å²) in [6.07, 6.45) is 8.06. The van der Waals surface area contributed by atoms with Crippen LogP contribution in [0.15, 0.2) is 0 Å². The van der Waals surface area contributed by atoms with Crippen molar-refractivity contribution in [2.45, 2.75) is 45.2 Å². The molecule has 1 aromatic heterocycles. The van der Waals surface area contributed by atoms with Crippen molar-refractivity contribution in [1.82, 2.24) is 14.9 Å². The van der Waals surface area contributed by atoms with Crippen LogP contribution >= 0.6 is 0 Å². The number of piperidine rings is 1. The van der Waals surface area contributed by atoms with Crippen molar-refractivity contribution in [2.24, 2.45) is 5.92 Å². The molecule has 1 aliphatic carbocycles. The second-order valence-corrected chi connectivity index (χ2v) is 5.85. The van der Waals surface area contributed by atoms with E-state index in [9.17, 15) is 4.79 Å². The first-order valence-corrected chi connectivity index (χ1v) is 7.37. The van der Waals surface area contributed by atoms with Gasteiger partial charge in [0.05, 0.1) is 23.2 Å². The summed E-state index contributed by atoms with van der Waals surface area (Å²) in [6, 6.07) is 0.602. The van der Waals surface area contributed by atoms with Gasteiger partial charge in [-0.2, -0.15) is 0 Å². The largest absolute Gasteiger partial charge is 0.481 e. The topological polar surface area (TPSA) is 69.2 Å². The number of imidazole rings is 1. The third kappa shape index (κ3) is 2.63. The van der Waals surface area contributed by atoms with Gasteiger partial charge in [-0.15, -0.1) is 0 Å². The van der Waals surface area contributed by atoms with Crippen molar-refractivity contribution < 1.29 is 9.90 Å². The molecule has 1 fully saturated rings. The Hall–Kier alpha value is -1.62. The number of rotatable bonds is 3. The SMILES string of the molecule is CC1CCCCN1Cc1nc2c([nH]1)=CC(C(=O)O)CC=2. The fraction of sp³-hybridized carbons (Fsp3) is 0.600. The Morgan fingerprint density at radius 3 is 3.15 bits per heavy atom. The van der Waals surface area contributed by atoms with Crippen molar-refractivity contribution in [3.8, 4) is 0 Å². The number of nitrogens with zero attached hydrogens (tertiary/aromatic N) is 2. The van der Waals surface area contributed by atoms with Crippen molar-refractivity contribution in [2.75, 3.05) is 6.54 Å². The number of likely N-dealkylation sites (tertiary alicyclic amines) is 1. The Morgan fingerprint density at radius 1 is 1.55 bits per heavy atom. The van der Waals surface area contributed by atoms with Gasteiger partial charge in [-0.3, -0.25) is 9.69 Å². The highest BCUT2D eigenvalue weighted by atomic mass is 16.4. The van der Waals surface area contributed by atoms with Gasteiger partial charge in [0.15, 0.2) is 0 Å². The fourth-order valence-corrected chi connectivity index (χ4v) is 3.08. The number of H-pyrrole nitrogens is 1. The number of carbonyl (C=O) groups is 1. The fourth-order valence-electron chi connectivity index (χ4n) is 3.08. The Labute approximate surface area is 118 Å². The summed E-state index contributed by atoms with van der Waals surface area (Å²) >= 11 is 0. The van der Waals surface area contributed by atoms with Crippen LogP contribution in [0, 0.1) is 5.92 Å². The molecular weight excluding hydrogens is 254 g/mol. The first-order valence-electron chi connectivity index (χ1n) is 7.37. The van der Waals surface area contributed by atoms with Crippen molar-refractivity contribution >= 4 is 18.1 Å². The molecule has 1 aromatic rings. The summed E-state index contributed by atoms with van der Waals surface area (Å²) in [5.41, 5.74) is 0. The minimum Gasteiger partial charge on any atom is -0.481 e. The Bertz CT molecular complexity index is 620. The van der Waals surface area contributed by atoms with Crippen LogP contribution in [-0.4, -0.2) is 38.5 Å². The number of hydrogen-bond donors (Lipinski definition) is 2. The smallest absolute Gasteiger partial charge is 0.310 e. The molecule has 3 rings (SSSR count). The third-order valence-electron chi connectivity index (χ3n) is 4.35. The lowest BCUT2D eigenvalue weighted by Gasteiger charge is -2.32. The zero-order chi connectivity index (χ0) is 14.1. The van der Waals surface area contributed by atoms with E-state index >= 15 is 0 Å². The zero-order valence-electron chi connectivity index (χ0n) is 11.8. The summed E-state index contributed by atoms with van der Waals surface area (Å²) in [6.45, 7) is 4.21. The van der Waals surface area contributed by atoms with E-state index in [1.54, 1.807) is 6.08 Å². The number of fused-ring (bicyclic) bond motifs is 1. The molecular formula is C15H21N3O2. The molecule has 0 amide bonds. The number of nitrogens with one attached hydrogen (secondary N) is 1. The second kappa shape index (κ2) is 5.40. The Kier molecular flexibility index (Phi) is 3.61. The first kappa shape index (κ1) is 13.4.